The van der Waals surface area contributed by atoms with Gasteiger partial charge in [-0.25, -0.2) is 4.99 Å². The minimum absolute atomic E-state index is 0.379. The van der Waals surface area contributed by atoms with Gasteiger partial charge in [0, 0.05) is 11.4 Å². The predicted octanol–water partition coefficient (Wildman–Crippen LogP) is -0.787. The van der Waals surface area contributed by atoms with Crippen molar-refractivity contribution in [2.75, 3.05) is 0 Å². The first kappa shape index (κ1) is 7.03. The molecule has 1 aliphatic heterocycles. The maximum atomic E-state index is 10.9. The van der Waals surface area contributed by atoms with Crippen molar-refractivity contribution in [3.63, 3.8) is 0 Å². The Balaban J connectivity index is 2.76. The van der Waals surface area contributed by atoms with Gasteiger partial charge in [-0.15, -0.1) is 0 Å². The smallest absolute Gasteiger partial charge is 0.278 e. The zero-order valence-electron chi connectivity index (χ0n) is 6.24. The number of carbonyl (C=O) groups is 1. The second kappa shape index (κ2) is 2.77. The van der Waals surface area contributed by atoms with E-state index in [1.54, 1.807) is 12.3 Å². The van der Waals surface area contributed by atoms with Crippen LogP contribution in [-0.2, 0) is 4.79 Å². The van der Waals surface area contributed by atoms with Gasteiger partial charge in [-0.3, -0.25) is 4.79 Å². The lowest BCUT2D eigenvalue weighted by Gasteiger charge is -1.86. The molecule has 0 unspecified atom stereocenters. The van der Waals surface area contributed by atoms with Crippen LogP contribution in [0.3, 0.4) is 0 Å². The summed E-state index contributed by atoms with van der Waals surface area (Å²) in [5.41, 5.74) is 0. The Morgan fingerprint density at radius 1 is 1.33 bits per heavy atom. The van der Waals surface area contributed by atoms with E-state index in [2.05, 4.69) is 16.9 Å². The van der Waals surface area contributed by atoms with Gasteiger partial charge in [-0.1, -0.05) is 18.2 Å². The summed E-state index contributed by atoms with van der Waals surface area (Å²) in [6.07, 6.45) is 1.70. The Morgan fingerprint density at radius 3 is 3.08 bits per heavy atom. The van der Waals surface area contributed by atoms with Crippen molar-refractivity contribution in [2.45, 2.75) is 0 Å². The summed E-state index contributed by atoms with van der Waals surface area (Å²) in [6, 6.07) is 7.40. The molecule has 0 aliphatic carbocycles. The number of carbonyl (C=O) groups excluding carboxylic acids is 1. The quantitative estimate of drug-likeness (QED) is 0.537. The topological polar surface area (TPSA) is 41.5 Å². The molecule has 0 saturated heterocycles. The molecule has 0 saturated carbocycles. The zero-order chi connectivity index (χ0) is 8.39. The van der Waals surface area contributed by atoms with Gasteiger partial charge in [0.25, 0.3) is 5.91 Å². The molecule has 1 aromatic rings. The number of rotatable bonds is 0. The van der Waals surface area contributed by atoms with Gasteiger partial charge in [-0.05, 0) is 6.07 Å². The van der Waals surface area contributed by atoms with Gasteiger partial charge in [0.2, 0.25) is 0 Å². The second-order valence-corrected chi connectivity index (χ2v) is 2.39. The van der Waals surface area contributed by atoms with Crippen LogP contribution in [0.5, 0.6) is 0 Å². The molecule has 0 fully saturated rings. The number of para-hydroxylation sites is 1. The van der Waals surface area contributed by atoms with Crippen LogP contribution >= 0.6 is 0 Å². The van der Waals surface area contributed by atoms with E-state index in [1.165, 1.54) is 0 Å². The highest BCUT2D eigenvalue weighted by atomic mass is 16.1. The number of nitrogens with zero attached hydrogens (tertiary/aromatic N) is 1. The molecule has 1 heterocycles. The Kier molecular flexibility index (Phi) is 1.63. The average Bonchev–Trinajstić information content (AvgIpc) is 2.25. The van der Waals surface area contributed by atoms with Crippen LogP contribution in [0.1, 0.15) is 0 Å². The molecule has 0 aromatic heterocycles. The van der Waals surface area contributed by atoms with Crippen LogP contribution in [0.4, 0.5) is 0 Å². The van der Waals surface area contributed by atoms with Crippen LogP contribution in [0.15, 0.2) is 29.3 Å². The number of hydrogen-bond acceptors (Lipinski definition) is 2. The summed E-state index contributed by atoms with van der Waals surface area (Å²) in [6.45, 7) is 2.38. The lowest BCUT2D eigenvalue weighted by molar-refractivity contribution is -0.115. The van der Waals surface area contributed by atoms with Gasteiger partial charge in [0.15, 0.2) is 6.54 Å². The number of fused-ring (bicyclic) bond motifs is 1. The molecule has 1 aliphatic rings. The van der Waals surface area contributed by atoms with E-state index in [9.17, 15) is 4.79 Å². The molecule has 0 spiro atoms. The Bertz CT molecular complexity index is 422. The third-order valence-corrected chi connectivity index (χ3v) is 1.57. The first-order valence-electron chi connectivity index (χ1n) is 3.56. The van der Waals surface area contributed by atoms with Crippen LogP contribution in [0, 0.1) is 6.54 Å². The fourth-order valence-corrected chi connectivity index (χ4v) is 1.02. The van der Waals surface area contributed by atoms with Gasteiger partial charge in [0.05, 0.1) is 5.36 Å². The number of hydrogen-bond donors (Lipinski definition) is 1. The van der Waals surface area contributed by atoms with Crippen LogP contribution in [-0.4, -0.2) is 5.91 Å². The van der Waals surface area contributed by atoms with Crippen molar-refractivity contribution in [1.29, 1.82) is 0 Å². The van der Waals surface area contributed by atoms with Crippen LogP contribution in [0.25, 0.3) is 6.20 Å². The highest BCUT2D eigenvalue weighted by Gasteiger charge is 2.01. The summed E-state index contributed by atoms with van der Waals surface area (Å²) >= 11 is 0. The molecule has 1 amide bonds. The van der Waals surface area contributed by atoms with Crippen molar-refractivity contribution in [3.05, 3.63) is 41.4 Å². The standard InChI is InChI=1S/C9H6N2O/c12-9-6-10-5-7-3-1-2-4-8(7)11-9/h1-5,10H. The third-order valence-electron chi connectivity index (χ3n) is 1.57. The number of benzene rings is 1. The molecule has 12 heavy (non-hydrogen) atoms. The molecule has 58 valence electrons. The van der Waals surface area contributed by atoms with E-state index in [0.29, 0.717) is 5.36 Å². The fourth-order valence-electron chi connectivity index (χ4n) is 1.02. The molecular weight excluding hydrogens is 152 g/mol. The first-order valence-corrected chi connectivity index (χ1v) is 3.56. The highest BCUT2D eigenvalue weighted by molar-refractivity contribution is 5.86. The van der Waals surface area contributed by atoms with E-state index in [0.717, 1.165) is 5.22 Å². The molecule has 0 bridgehead atoms. The van der Waals surface area contributed by atoms with Crippen molar-refractivity contribution >= 4 is 12.1 Å². The average molecular weight is 158 g/mol. The van der Waals surface area contributed by atoms with Crippen LogP contribution < -0.4 is 15.9 Å². The predicted molar refractivity (Wildman–Crippen MR) is 43.1 cm³/mol. The normalized spacial score (nSPS) is 14.8. The van der Waals surface area contributed by atoms with E-state index in [4.69, 9.17) is 0 Å². The minimum Gasteiger partial charge on any atom is -0.372 e. The maximum absolute atomic E-state index is 10.9. The Morgan fingerprint density at radius 2 is 2.17 bits per heavy atom. The molecule has 0 atom stereocenters. The third kappa shape index (κ3) is 1.21. The Hall–Kier alpha value is -1.64. The van der Waals surface area contributed by atoms with Crippen molar-refractivity contribution < 1.29 is 4.79 Å². The number of amides is 1. The van der Waals surface area contributed by atoms with E-state index in [1.807, 2.05) is 18.2 Å². The van der Waals surface area contributed by atoms with Crippen molar-refractivity contribution in [1.82, 2.24) is 5.32 Å². The lowest BCUT2D eigenvalue weighted by atomic mass is 10.3. The highest BCUT2D eigenvalue weighted by Crippen LogP contribution is 1.81. The maximum Gasteiger partial charge on any atom is 0.278 e. The molecule has 3 nitrogen and oxygen atoms in total. The monoisotopic (exact) mass is 158 g/mol. The molecule has 3 heteroatoms. The summed E-state index contributed by atoms with van der Waals surface area (Å²) in [5.74, 6) is -0.379. The SMILES string of the molecule is O=C1[C]NC=c2ccccc2=N1. The molecule has 2 radical (unpaired) electrons. The molecule has 2 rings (SSSR count). The van der Waals surface area contributed by atoms with Gasteiger partial charge >= 0.3 is 0 Å². The minimum atomic E-state index is -0.379. The molecule has 1 aromatic carbocycles. The van der Waals surface area contributed by atoms with Crippen molar-refractivity contribution in [3.8, 4) is 0 Å². The van der Waals surface area contributed by atoms with Gasteiger partial charge in [0.1, 0.15) is 0 Å². The zero-order valence-corrected chi connectivity index (χ0v) is 6.24. The van der Waals surface area contributed by atoms with Crippen molar-refractivity contribution in [2.24, 2.45) is 4.99 Å². The summed E-state index contributed by atoms with van der Waals surface area (Å²) in [5, 5.41) is 4.21. The molecular formula is C9H6N2O. The number of nitrogens with one attached hydrogen (secondary N) is 1. The largest absolute Gasteiger partial charge is 0.372 e. The van der Waals surface area contributed by atoms with Gasteiger partial charge < -0.3 is 5.32 Å². The van der Waals surface area contributed by atoms with Gasteiger partial charge in [-0.2, -0.15) is 0 Å². The Labute approximate surface area is 69.4 Å². The lowest BCUT2D eigenvalue weighted by Crippen LogP contribution is -2.24. The summed E-state index contributed by atoms with van der Waals surface area (Å²) < 4.78 is 0. The fraction of sp³-hybridized carbons (Fsp3) is 0. The summed E-state index contributed by atoms with van der Waals surface area (Å²) in [4.78, 5) is 14.7. The van der Waals surface area contributed by atoms with E-state index in [-0.39, 0.29) is 5.91 Å². The van der Waals surface area contributed by atoms with Crippen LogP contribution in [0.2, 0.25) is 0 Å². The van der Waals surface area contributed by atoms with E-state index < -0.39 is 0 Å². The summed E-state index contributed by atoms with van der Waals surface area (Å²) in [7, 11) is 0. The van der Waals surface area contributed by atoms with E-state index >= 15 is 0 Å². The first-order chi connectivity index (χ1) is 5.86. The molecule has 1 N–H and O–H groups in total. The second-order valence-electron chi connectivity index (χ2n) is 2.39.